The quantitative estimate of drug-likeness (QED) is 0.147. The number of aryl methyl sites for hydroxylation is 1. The van der Waals surface area contributed by atoms with Gasteiger partial charge in [0.1, 0.15) is 4.90 Å². The highest BCUT2D eigenvalue weighted by Gasteiger charge is 2.12. The van der Waals surface area contributed by atoms with Crippen LogP contribution in [0.1, 0.15) is 18.1 Å². The number of rotatable bonds is 9. The van der Waals surface area contributed by atoms with Crippen LogP contribution in [0.15, 0.2) is 57.5 Å². The van der Waals surface area contributed by atoms with Crippen LogP contribution in [0.5, 0.6) is 0 Å². The van der Waals surface area contributed by atoms with Gasteiger partial charge < -0.3 is 10.6 Å². The van der Waals surface area contributed by atoms with Crippen LogP contribution < -0.4 is 15.4 Å². The number of nitrogens with zero attached hydrogens (tertiary/aromatic N) is 2. The first-order chi connectivity index (χ1) is 13.5. The molecule has 3 N–H and O–H groups in total. The minimum absolute atomic E-state index is 0. The van der Waals surface area contributed by atoms with Gasteiger partial charge in [0.05, 0.1) is 6.54 Å². The monoisotopic (exact) mass is 549 g/mol. The molecule has 29 heavy (non-hydrogen) atoms. The van der Waals surface area contributed by atoms with E-state index in [1.807, 2.05) is 6.92 Å². The number of guanidine groups is 1. The number of aromatic nitrogens is 1. The molecule has 10 heteroatoms. The summed E-state index contributed by atoms with van der Waals surface area (Å²) in [6.45, 7) is 5.98. The van der Waals surface area contributed by atoms with Crippen molar-refractivity contribution in [1.29, 1.82) is 0 Å². The summed E-state index contributed by atoms with van der Waals surface area (Å²) >= 11 is 1.70. The Kier molecular flexibility index (Phi) is 11.5. The highest BCUT2D eigenvalue weighted by atomic mass is 127. The van der Waals surface area contributed by atoms with E-state index >= 15 is 0 Å². The first-order valence-corrected chi connectivity index (χ1v) is 11.7. The van der Waals surface area contributed by atoms with E-state index in [0.717, 1.165) is 12.1 Å². The van der Waals surface area contributed by atoms with Gasteiger partial charge in [0.2, 0.25) is 10.0 Å². The maximum absolute atomic E-state index is 12.2. The average molecular weight is 550 g/mol. The second-order valence-electron chi connectivity index (χ2n) is 6.02. The number of aliphatic imine (C=N–C) groups is 1. The van der Waals surface area contributed by atoms with Crippen LogP contribution in [0, 0.1) is 6.92 Å². The third kappa shape index (κ3) is 8.49. The largest absolute Gasteiger partial charge is 0.357 e. The molecule has 0 fully saturated rings. The van der Waals surface area contributed by atoms with E-state index in [1.54, 1.807) is 17.8 Å². The number of pyridine rings is 1. The molecule has 0 aliphatic carbocycles. The molecule has 0 saturated heterocycles. The SMILES string of the molecule is CCNC(=NCc1ccc(C)cc1SC)NCCNS(=O)(=O)c1cccnc1.I. The lowest BCUT2D eigenvalue weighted by Gasteiger charge is -2.13. The summed E-state index contributed by atoms with van der Waals surface area (Å²) in [4.78, 5) is 9.81. The number of halogens is 1. The van der Waals surface area contributed by atoms with Gasteiger partial charge in [-0.2, -0.15) is 0 Å². The molecule has 0 bridgehead atoms. The summed E-state index contributed by atoms with van der Waals surface area (Å²) in [5.41, 5.74) is 2.38. The summed E-state index contributed by atoms with van der Waals surface area (Å²) in [5, 5.41) is 6.33. The zero-order valence-corrected chi connectivity index (χ0v) is 20.8. The predicted molar refractivity (Wildman–Crippen MR) is 131 cm³/mol. The van der Waals surface area contributed by atoms with E-state index in [9.17, 15) is 8.42 Å². The Bertz CT molecular complexity index is 893. The van der Waals surface area contributed by atoms with Gasteiger partial charge in [0.25, 0.3) is 0 Å². The minimum Gasteiger partial charge on any atom is -0.357 e. The van der Waals surface area contributed by atoms with E-state index in [0.29, 0.717) is 19.0 Å². The number of hydrogen-bond donors (Lipinski definition) is 3. The molecule has 0 amide bonds. The lowest BCUT2D eigenvalue weighted by atomic mass is 10.1. The fourth-order valence-corrected chi connectivity index (χ4v) is 4.14. The molecule has 0 aliphatic rings. The lowest BCUT2D eigenvalue weighted by Crippen LogP contribution is -2.41. The van der Waals surface area contributed by atoms with Crippen molar-refractivity contribution in [3.8, 4) is 0 Å². The minimum atomic E-state index is -3.55. The molecule has 0 atom stereocenters. The third-order valence-corrected chi connectivity index (χ3v) is 6.11. The van der Waals surface area contributed by atoms with E-state index < -0.39 is 10.0 Å². The van der Waals surface area contributed by atoms with Crippen LogP contribution in [-0.4, -0.2) is 45.3 Å². The molecule has 160 valence electrons. The van der Waals surface area contributed by atoms with E-state index in [-0.39, 0.29) is 35.4 Å². The van der Waals surface area contributed by atoms with Gasteiger partial charge in [-0.1, -0.05) is 12.1 Å². The normalized spacial score (nSPS) is 11.6. The van der Waals surface area contributed by atoms with Crippen molar-refractivity contribution in [1.82, 2.24) is 20.3 Å². The molecular formula is C19H28IN5O2S2. The average Bonchev–Trinajstić information content (AvgIpc) is 2.70. The standard InChI is InChI=1S/C19H27N5O2S2.HI/c1-4-21-19(23-13-16-8-7-15(2)12-18(16)27-3)22-10-11-24-28(25,26)17-6-5-9-20-14-17;/h5-9,12,14,24H,4,10-11,13H2,1-3H3,(H2,21,22,23);1H. The summed E-state index contributed by atoms with van der Waals surface area (Å²) in [5.74, 6) is 0.649. The van der Waals surface area contributed by atoms with Crippen LogP contribution in [0.4, 0.5) is 0 Å². The van der Waals surface area contributed by atoms with Crippen molar-refractivity contribution >= 4 is 51.7 Å². The first-order valence-electron chi connectivity index (χ1n) is 9.01. The fraction of sp³-hybridized carbons (Fsp3) is 0.368. The molecule has 1 heterocycles. The number of hydrogen-bond acceptors (Lipinski definition) is 5. The maximum Gasteiger partial charge on any atom is 0.242 e. The molecule has 0 aliphatic heterocycles. The van der Waals surface area contributed by atoms with Crippen LogP contribution in [0.25, 0.3) is 0 Å². The molecule has 0 saturated carbocycles. The zero-order valence-electron chi connectivity index (χ0n) is 16.8. The van der Waals surface area contributed by atoms with Gasteiger partial charge in [-0.05, 0) is 49.4 Å². The Labute approximate surface area is 194 Å². The molecule has 0 radical (unpaired) electrons. The van der Waals surface area contributed by atoms with Crippen molar-refractivity contribution in [3.05, 3.63) is 53.9 Å². The molecule has 1 aromatic carbocycles. The molecule has 7 nitrogen and oxygen atoms in total. The number of benzene rings is 1. The Morgan fingerprint density at radius 1 is 1.21 bits per heavy atom. The van der Waals surface area contributed by atoms with Crippen molar-refractivity contribution in [2.75, 3.05) is 25.9 Å². The van der Waals surface area contributed by atoms with Crippen molar-refractivity contribution in [2.45, 2.75) is 30.2 Å². The number of thioether (sulfide) groups is 1. The van der Waals surface area contributed by atoms with E-state index in [4.69, 9.17) is 0 Å². The Morgan fingerprint density at radius 3 is 2.66 bits per heavy atom. The second kappa shape index (κ2) is 13.0. The lowest BCUT2D eigenvalue weighted by molar-refractivity contribution is 0.580. The topological polar surface area (TPSA) is 95.5 Å². The smallest absolute Gasteiger partial charge is 0.242 e. The van der Waals surface area contributed by atoms with Gasteiger partial charge in [-0.25, -0.2) is 18.1 Å². The molecule has 0 spiro atoms. The number of sulfonamides is 1. The molecule has 1 aromatic heterocycles. The summed E-state index contributed by atoms with van der Waals surface area (Å²) in [6.07, 6.45) is 4.92. The van der Waals surface area contributed by atoms with E-state index in [1.165, 1.54) is 28.9 Å². The van der Waals surface area contributed by atoms with Crippen LogP contribution >= 0.6 is 35.7 Å². The predicted octanol–water partition coefficient (Wildman–Crippen LogP) is 2.76. The number of nitrogens with one attached hydrogen (secondary N) is 3. The molecular weight excluding hydrogens is 521 g/mol. The van der Waals surface area contributed by atoms with E-state index in [2.05, 4.69) is 56.7 Å². The van der Waals surface area contributed by atoms with Crippen LogP contribution in [0.3, 0.4) is 0 Å². The molecule has 2 rings (SSSR count). The van der Waals surface area contributed by atoms with Gasteiger partial charge >= 0.3 is 0 Å². The highest BCUT2D eigenvalue weighted by Crippen LogP contribution is 2.22. The Morgan fingerprint density at radius 2 is 2.00 bits per heavy atom. The Hall–Kier alpha value is -1.37. The van der Waals surface area contributed by atoms with Gasteiger partial charge in [0, 0.05) is 36.9 Å². The molecule has 0 unspecified atom stereocenters. The third-order valence-electron chi connectivity index (χ3n) is 3.85. The van der Waals surface area contributed by atoms with Gasteiger partial charge in [-0.3, -0.25) is 4.98 Å². The zero-order chi connectivity index (χ0) is 20.4. The first kappa shape index (κ1) is 25.7. The summed E-state index contributed by atoms with van der Waals surface area (Å²) in [7, 11) is -3.55. The second-order valence-corrected chi connectivity index (χ2v) is 8.64. The van der Waals surface area contributed by atoms with Crippen molar-refractivity contribution < 1.29 is 8.42 Å². The maximum atomic E-state index is 12.2. The van der Waals surface area contributed by atoms with Crippen LogP contribution in [-0.2, 0) is 16.6 Å². The van der Waals surface area contributed by atoms with Crippen LogP contribution in [0.2, 0.25) is 0 Å². The highest BCUT2D eigenvalue weighted by molar-refractivity contribution is 14.0. The van der Waals surface area contributed by atoms with Gasteiger partial charge in [0.15, 0.2) is 5.96 Å². The van der Waals surface area contributed by atoms with Gasteiger partial charge in [-0.15, -0.1) is 35.7 Å². The van der Waals surface area contributed by atoms with Crippen molar-refractivity contribution in [2.24, 2.45) is 4.99 Å². The summed E-state index contributed by atoms with van der Waals surface area (Å²) in [6, 6.07) is 9.44. The summed E-state index contributed by atoms with van der Waals surface area (Å²) < 4.78 is 26.9. The fourth-order valence-electron chi connectivity index (χ4n) is 2.44. The molecule has 2 aromatic rings. The van der Waals surface area contributed by atoms with Crippen molar-refractivity contribution in [3.63, 3.8) is 0 Å². The Balaban J connectivity index is 0.00000420.